The summed E-state index contributed by atoms with van der Waals surface area (Å²) in [4.78, 5) is 37.6. The zero-order chi connectivity index (χ0) is 24.7. The van der Waals surface area contributed by atoms with Crippen LogP contribution in [0.4, 0.5) is 5.69 Å². The molecule has 2 aliphatic heterocycles. The van der Waals surface area contributed by atoms with E-state index in [4.69, 9.17) is 14.2 Å². The summed E-state index contributed by atoms with van der Waals surface area (Å²) in [5.74, 6) is -0.886. The first-order valence-corrected chi connectivity index (χ1v) is 12.2. The predicted octanol–water partition coefficient (Wildman–Crippen LogP) is 3.02. The van der Waals surface area contributed by atoms with E-state index in [1.807, 2.05) is 0 Å². The Bertz CT molecular complexity index is 1500. The molecule has 0 saturated carbocycles. The quantitative estimate of drug-likeness (QED) is 0.430. The lowest BCUT2D eigenvalue weighted by Crippen LogP contribution is -2.30. The minimum absolute atomic E-state index is 0.0235. The molecule has 178 valence electrons. The monoisotopic (exact) mass is 493 g/mol. The third kappa shape index (κ3) is 4.01. The maximum absolute atomic E-state index is 13.1. The van der Waals surface area contributed by atoms with Gasteiger partial charge in [0.15, 0.2) is 23.4 Å². The van der Waals surface area contributed by atoms with Crippen molar-refractivity contribution in [2.45, 2.75) is 22.8 Å². The number of rotatable bonds is 4. The van der Waals surface area contributed by atoms with Crippen LogP contribution in [0.2, 0.25) is 0 Å². The van der Waals surface area contributed by atoms with E-state index in [2.05, 4.69) is 5.32 Å². The SMILES string of the molecule is C[C@H](OC(=O)c1ccc2c(c1)S(=O)(=O)c1ccccc1C2=O)C(=O)Nc1ccc2c(c1)OCCO2. The summed E-state index contributed by atoms with van der Waals surface area (Å²) in [6.07, 6.45) is -1.19. The fraction of sp³-hybridized carbons (Fsp3) is 0.160. The number of anilines is 1. The summed E-state index contributed by atoms with van der Waals surface area (Å²) < 4.78 is 42.3. The van der Waals surface area contributed by atoms with Gasteiger partial charge in [0.1, 0.15) is 13.2 Å². The minimum atomic E-state index is -4.01. The lowest BCUT2D eigenvalue weighted by Gasteiger charge is -2.20. The van der Waals surface area contributed by atoms with Crippen LogP contribution < -0.4 is 14.8 Å². The van der Waals surface area contributed by atoms with Crippen LogP contribution in [0.5, 0.6) is 11.5 Å². The molecule has 35 heavy (non-hydrogen) atoms. The summed E-state index contributed by atoms with van der Waals surface area (Å²) in [6.45, 7) is 2.22. The number of carbonyl (C=O) groups excluding carboxylic acids is 3. The summed E-state index contributed by atoms with van der Waals surface area (Å²) in [7, 11) is -4.01. The van der Waals surface area contributed by atoms with E-state index in [0.717, 1.165) is 6.07 Å². The number of hydrogen-bond acceptors (Lipinski definition) is 8. The normalized spacial score (nSPS) is 15.9. The van der Waals surface area contributed by atoms with Crippen LogP contribution in [0.15, 0.2) is 70.5 Å². The van der Waals surface area contributed by atoms with Crippen molar-refractivity contribution in [3.05, 3.63) is 77.4 Å². The van der Waals surface area contributed by atoms with Crippen molar-refractivity contribution < 1.29 is 37.0 Å². The van der Waals surface area contributed by atoms with Gasteiger partial charge in [-0.25, -0.2) is 13.2 Å². The molecule has 1 N–H and O–H groups in total. The van der Waals surface area contributed by atoms with E-state index in [0.29, 0.717) is 30.4 Å². The second kappa shape index (κ2) is 8.55. The molecular weight excluding hydrogens is 474 g/mol. The first-order valence-electron chi connectivity index (χ1n) is 10.7. The molecule has 0 aromatic heterocycles. The molecule has 2 aliphatic rings. The van der Waals surface area contributed by atoms with Gasteiger partial charge in [0, 0.05) is 22.9 Å². The largest absolute Gasteiger partial charge is 0.486 e. The van der Waals surface area contributed by atoms with Crippen LogP contribution in [0, 0.1) is 0 Å². The van der Waals surface area contributed by atoms with Gasteiger partial charge in [0.05, 0.1) is 15.4 Å². The molecule has 0 aliphatic carbocycles. The van der Waals surface area contributed by atoms with Crippen molar-refractivity contribution in [2.24, 2.45) is 0 Å². The van der Waals surface area contributed by atoms with Gasteiger partial charge in [0.25, 0.3) is 5.91 Å². The van der Waals surface area contributed by atoms with Gasteiger partial charge in [-0.3, -0.25) is 9.59 Å². The Morgan fingerprint density at radius 3 is 2.43 bits per heavy atom. The Hall–Kier alpha value is -4.18. The zero-order valence-corrected chi connectivity index (χ0v) is 19.3. The molecule has 0 bridgehead atoms. The van der Waals surface area contributed by atoms with Crippen LogP contribution in [0.25, 0.3) is 0 Å². The predicted molar refractivity (Wildman–Crippen MR) is 123 cm³/mol. The van der Waals surface area contributed by atoms with Crippen molar-refractivity contribution in [1.82, 2.24) is 0 Å². The molecule has 0 spiro atoms. The maximum atomic E-state index is 13.1. The number of carbonyl (C=O) groups is 3. The van der Waals surface area contributed by atoms with Crippen molar-refractivity contribution in [3.63, 3.8) is 0 Å². The highest BCUT2D eigenvalue weighted by molar-refractivity contribution is 7.91. The fourth-order valence-corrected chi connectivity index (χ4v) is 5.54. The van der Waals surface area contributed by atoms with Crippen molar-refractivity contribution in [3.8, 4) is 11.5 Å². The average Bonchev–Trinajstić information content (AvgIpc) is 2.87. The number of fused-ring (bicyclic) bond motifs is 3. The molecule has 2 heterocycles. The van der Waals surface area contributed by atoms with Crippen molar-refractivity contribution in [2.75, 3.05) is 18.5 Å². The maximum Gasteiger partial charge on any atom is 0.338 e. The number of esters is 1. The highest BCUT2D eigenvalue weighted by Gasteiger charge is 2.35. The van der Waals surface area contributed by atoms with Gasteiger partial charge in [0.2, 0.25) is 9.84 Å². The minimum Gasteiger partial charge on any atom is -0.486 e. The average molecular weight is 493 g/mol. The number of ketones is 1. The van der Waals surface area contributed by atoms with Crippen LogP contribution in [0.3, 0.4) is 0 Å². The molecule has 5 rings (SSSR count). The van der Waals surface area contributed by atoms with Gasteiger partial charge < -0.3 is 19.5 Å². The Morgan fingerprint density at radius 1 is 0.914 bits per heavy atom. The number of nitrogens with one attached hydrogen (secondary N) is 1. The topological polar surface area (TPSA) is 125 Å². The molecule has 9 nitrogen and oxygen atoms in total. The Morgan fingerprint density at radius 2 is 1.63 bits per heavy atom. The van der Waals surface area contributed by atoms with Crippen molar-refractivity contribution in [1.29, 1.82) is 0 Å². The number of benzene rings is 3. The van der Waals surface area contributed by atoms with E-state index < -0.39 is 33.6 Å². The molecule has 0 fully saturated rings. The van der Waals surface area contributed by atoms with Gasteiger partial charge >= 0.3 is 5.97 Å². The lowest BCUT2D eigenvalue weighted by atomic mass is 10.0. The summed E-state index contributed by atoms with van der Waals surface area (Å²) >= 11 is 0. The molecule has 0 radical (unpaired) electrons. The number of amides is 1. The molecule has 3 aromatic rings. The molecule has 0 unspecified atom stereocenters. The van der Waals surface area contributed by atoms with Crippen LogP contribution in [-0.2, 0) is 19.4 Å². The highest BCUT2D eigenvalue weighted by atomic mass is 32.2. The van der Waals surface area contributed by atoms with Gasteiger partial charge in [-0.2, -0.15) is 0 Å². The molecule has 0 saturated heterocycles. The zero-order valence-electron chi connectivity index (χ0n) is 18.4. The number of sulfone groups is 1. The second-order valence-corrected chi connectivity index (χ2v) is 9.82. The first-order chi connectivity index (χ1) is 16.8. The van der Waals surface area contributed by atoms with E-state index in [1.54, 1.807) is 24.3 Å². The Labute approximate surface area is 200 Å². The third-order valence-corrected chi connectivity index (χ3v) is 7.49. The summed E-state index contributed by atoms with van der Waals surface area (Å²) in [5.41, 5.74) is 0.391. The van der Waals surface area contributed by atoms with Crippen LogP contribution in [-0.4, -0.2) is 45.4 Å². The van der Waals surface area contributed by atoms with Crippen LogP contribution >= 0.6 is 0 Å². The fourth-order valence-electron chi connectivity index (χ4n) is 3.86. The van der Waals surface area contributed by atoms with Crippen LogP contribution in [0.1, 0.15) is 33.2 Å². The highest BCUT2D eigenvalue weighted by Crippen LogP contribution is 2.35. The lowest BCUT2D eigenvalue weighted by molar-refractivity contribution is -0.123. The van der Waals surface area contributed by atoms with E-state index >= 15 is 0 Å². The molecular formula is C25H19NO8S. The summed E-state index contributed by atoms with van der Waals surface area (Å²) in [6, 6.07) is 14.5. The number of ether oxygens (including phenoxy) is 3. The smallest absolute Gasteiger partial charge is 0.338 e. The molecule has 1 amide bonds. The van der Waals surface area contributed by atoms with Gasteiger partial charge in [-0.15, -0.1) is 0 Å². The third-order valence-electron chi connectivity index (χ3n) is 5.64. The molecule has 10 heteroatoms. The standard InChI is InChI=1S/C25H19NO8S/c1-14(24(28)26-16-7-9-19-20(13-16)33-11-10-32-19)34-25(29)15-6-8-18-22(12-15)35(30,31)21-5-3-2-4-17(21)23(18)27/h2-9,12-14H,10-11H2,1H3,(H,26,28)/t14-/m0/s1. The van der Waals surface area contributed by atoms with E-state index in [9.17, 15) is 22.8 Å². The molecule has 1 atom stereocenters. The Balaban J connectivity index is 1.33. The first kappa shape index (κ1) is 22.6. The van der Waals surface area contributed by atoms with Gasteiger partial charge in [-0.1, -0.05) is 12.1 Å². The van der Waals surface area contributed by atoms with Gasteiger partial charge in [-0.05, 0) is 49.4 Å². The molecule has 3 aromatic carbocycles. The van der Waals surface area contributed by atoms with E-state index in [1.165, 1.54) is 37.3 Å². The second-order valence-electron chi connectivity index (χ2n) is 7.93. The number of hydrogen-bond donors (Lipinski definition) is 1. The van der Waals surface area contributed by atoms with Crippen molar-refractivity contribution >= 4 is 33.2 Å². The van der Waals surface area contributed by atoms with E-state index in [-0.39, 0.29) is 26.5 Å². The Kier molecular flexibility index (Phi) is 5.52. The summed E-state index contributed by atoms with van der Waals surface area (Å²) in [5, 5.41) is 2.64.